The van der Waals surface area contributed by atoms with Gasteiger partial charge < -0.3 is 5.11 Å². The molecule has 0 aromatic heterocycles. The highest BCUT2D eigenvalue weighted by molar-refractivity contribution is 7.89. The number of sulfonamides is 1. The Bertz CT molecular complexity index is 1590. The summed E-state index contributed by atoms with van der Waals surface area (Å²) in [5.74, 6) is -1.68. The van der Waals surface area contributed by atoms with E-state index < -0.39 is 15.9 Å². The predicted molar refractivity (Wildman–Crippen MR) is 143 cm³/mol. The van der Waals surface area contributed by atoms with Crippen molar-refractivity contribution in [3.8, 4) is 16.9 Å². The zero-order valence-corrected chi connectivity index (χ0v) is 21.4. The Labute approximate surface area is 214 Å². The minimum atomic E-state index is -3.80. The first-order chi connectivity index (χ1) is 17.4. The third-order valence-electron chi connectivity index (χ3n) is 5.75. The van der Waals surface area contributed by atoms with E-state index in [1.165, 1.54) is 17.1 Å². The van der Waals surface area contributed by atoms with Gasteiger partial charge in [-0.3, -0.25) is 15.0 Å². The highest BCUT2D eigenvalue weighted by Crippen LogP contribution is 2.33. The molecule has 0 spiro atoms. The maximum atomic E-state index is 13.0. The van der Waals surface area contributed by atoms with Crippen molar-refractivity contribution in [2.75, 3.05) is 16.7 Å². The van der Waals surface area contributed by atoms with Crippen molar-refractivity contribution in [3.63, 3.8) is 0 Å². The van der Waals surface area contributed by atoms with Gasteiger partial charge in [0.25, 0.3) is 5.91 Å². The van der Waals surface area contributed by atoms with Crippen LogP contribution in [0.4, 0.5) is 11.4 Å². The van der Waals surface area contributed by atoms with E-state index in [2.05, 4.69) is 15.6 Å². The maximum Gasteiger partial charge on any atom is 0.301 e. The molecular formula is C26H25N5O5S. The maximum absolute atomic E-state index is 13.0. The van der Waals surface area contributed by atoms with Crippen molar-refractivity contribution in [2.45, 2.75) is 20.8 Å². The minimum Gasteiger partial charge on any atom is -0.506 e. The Hall–Kier alpha value is -4.51. The van der Waals surface area contributed by atoms with Gasteiger partial charge in [-0.1, -0.05) is 30.3 Å². The molecule has 11 heteroatoms. The lowest BCUT2D eigenvalue weighted by atomic mass is 10.0. The summed E-state index contributed by atoms with van der Waals surface area (Å²) >= 11 is 0. The molecule has 0 bridgehead atoms. The second kappa shape index (κ2) is 9.86. The number of anilines is 2. The summed E-state index contributed by atoms with van der Waals surface area (Å²) < 4.78 is 24.7. The number of benzene rings is 3. The van der Waals surface area contributed by atoms with Crippen molar-refractivity contribution in [1.29, 1.82) is 0 Å². The second-order valence-electron chi connectivity index (χ2n) is 8.63. The van der Waals surface area contributed by atoms with Gasteiger partial charge in [-0.2, -0.15) is 15.2 Å². The number of amides is 2. The standard InChI is InChI=1S/C26H25N5O5S/c1-15-11-12-20(13-16(15)2)31-26(34)23(17(3)29-31)28-27-19-8-5-7-18(14-19)21-9-6-10-22(24(21)32)25(33)30-37(4,35)36/h5-14,27,32H,1-4H3,(H,30,33)/b28-23-. The number of nitrogens with one attached hydrogen (secondary N) is 2. The molecule has 3 aromatic rings. The number of hydrogen-bond acceptors (Lipinski definition) is 8. The van der Waals surface area contributed by atoms with E-state index in [1.54, 1.807) is 37.3 Å². The highest BCUT2D eigenvalue weighted by atomic mass is 32.2. The van der Waals surface area contributed by atoms with E-state index in [0.29, 0.717) is 28.2 Å². The van der Waals surface area contributed by atoms with E-state index in [4.69, 9.17) is 0 Å². The number of nitrogens with zero attached hydrogens (tertiary/aromatic N) is 3. The molecule has 0 saturated carbocycles. The molecule has 1 aliphatic rings. The van der Waals surface area contributed by atoms with Gasteiger partial charge in [0.15, 0.2) is 5.71 Å². The number of rotatable bonds is 6. The Kier molecular flexibility index (Phi) is 6.82. The molecule has 0 fully saturated rings. The Morgan fingerprint density at radius 1 is 1.00 bits per heavy atom. The second-order valence-corrected chi connectivity index (χ2v) is 10.4. The molecular weight excluding hydrogens is 494 g/mol. The molecule has 2 amide bonds. The molecule has 0 unspecified atom stereocenters. The van der Waals surface area contributed by atoms with Crippen molar-refractivity contribution in [1.82, 2.24) is 4.72 Å². The van der Waals surface area contributed by atoms with Crippen molar-refractivity contribution in [3.05, 3.63) is 77.4 Å². The summed E-state index contributed by atoms with van der Waals surface area (Å²) in [5, 5.41) is 20.6. The normalized spacial score (nSPS) is 14.6. The van der Waals surface area contributed by atoms with Crippen LogP contribution < -0.4 is 15.2 Å². The largest absolute Gasteiger partial charge is 0.506 e. The lowest BCUT2D eigenvalue weighted by Crippen LogP contribution is -2.29. The van der Waals surface area contributed by atoms with Crippen LogP contribution in [-0.4, -0.2) is 43.0 Å². The number of carbonyl (C=O) groups excluding carboxylic acids is 2. The van der Waals surface area contributed by atoms with Crippen LogP contribution in [0.25, 0.3) is 11.1 Å². The molecule has 0 saturated heterocycles. The summed E-state index contributed by atoms with van der Waals surface area (Å²) in [6.07, 6.45) is 0.852. The van der Waals surface area contributed by atoms with Crippen LogP contribution in [0, 0.1) is 13.8 Å². The number of aromatic hydroxyl groups is 1. The van der Waals surface area contributed by atoms with Crippen LogP contribution >= 0.6 is 0 Å². The van der Waals surface area contributed by atoms with Gasteiger partial charge >= 0.3 is 5.91 Å². The third kappa shape index (κ3) is 5.51. The average Bonchev–Trinajstić information content (AvgIpc) is 3.11. The van der Waals surface area contributed by atoms with Gasteiger partial charge in [-0.05, 0) is 67.8 Å². The zero-order valence-electron chi connectivity index (χ0n) is 20.6. The lowest BCUT2D eigenvalue weighted by Gasteiger charge is -2.13. The van der Waals surface area contributed by atoms with Crippen LogP contribution in [0.1, 0.15) is 28.4 Å². The first kappa shape index (κ1) is 25.6. The van der Waals surface area contributed by atoms with Crippen LogP contribution in [0.15, 0.2) is 70.9 Å². The van der Waals surface area contributed by atoms with E-state index in [1.807, 2.05) is 36.8 Å². The molecule has 0 atom stereocenters. The number of carbonyl (C=O) groups is 2. The molecule has 1 heterocycles. The smallest absolute Gasteiger partial charge is 0.301 e. The van der Waals surface area contributed by atoms with Crippen molar-refractivity contribution in [2.24, 2.45) is 10.2 Å². The van der Waals surface area contributed by atoms with Crippen molar-refractivity contribution >= 4 is 44.6 Å². The van der Waals surface area contributed by atoms with Gasteiger partial charge in [-0.15, -0.1) is 0 Å². The minimum absolute atomic E-state index is 0.158. The van der Waals surface area contributed by atoms with Gasteiger partial charge in [-0.25, -0.2) is 13.1 Å². The lowest BCUT2D eigenvalue weighted by molar-refractivity contribution is -0.112. The quantitative estimate of drug-likeness (QED) is 0.426. The summed E-state index contributed by atoms with van der Waals surface area (Å²) in [4.78, 5) is 25.3. The molecule has 3 aromatic carbocycles. The average molecular weight is 520 g/mol. The SMILES string of the molecule is CC1=NN(c2ccc(C)c(C)c2)C(=O)/C1=N\Nc1cccc(-c2cccc(C(=O)NS(C)(=O)=O)c2O)c1. The van der Waals surface area contributed by atoms with Crippen molar-refractivity contribution < 1.29 is 23.1 Å². The van der Waals surface area contributed by atoms with E-state index in [9.17, 15) is 23.1 Å². The number of aryl methyl sites for hydroxylation is 2. The first-order valence-electron chi connectivity index (χ1n) is 11.2. The van der Waals surface area contributed by atoms with Crippen LogP contribution in [0.2, 0.25) is 0 Å². The summed E-state index contributed by atoms with van der Waals surface area (Å²) in [5.41, 5.74) is 7.45. The van der Waals surface area contributed by atoms with E-state index in [0.717, 1.165) is 17.4 Å². The number of para-hydroxylation sites is 1. The predicted octanol–water partition coefficient (Wildman–Crippen LogP) is 3.56. The molecule has 37 heavy (non-hydrogen) atoms. The zero-order chi connectivity index (χ0) is 26.9. The summed E-state index contributed by atoms with van der Waals surface area (Å²) in [7, 11) is -3.80. The van der Waals surface area contributed by atoms with Crippen LogP contribution in [0.5, 0.6) is 5.75 Å². The van der Waals surface area contributed by atoms with Crippen LogP contribution in [0.3, 0.4) is 0 Å². The fourth-order valence-corrected chi connectivity index (χ4v) is 4.17. The highest BCUT2D eigenvalue weighted by Gasteiger charge is 2.31. The topological polar surface area (TPSA) is 141 Å². The Balaban J connectivity index is 1.57. The first-order valence-corrected chi connectivity index (χ1v) is 13.1. The molecule has 4 rings (SSSR count). The van der Waals surface area contributed by atoms with Gasteiger partial charge in [0.2, 0.25) is 10.0 Å². The summed E-state index contributed by atoms with van der Waals surface area (Å²) in [6, 6.07) is 16.9. The molecule has 10 nitrogen and oxygen atoms in total. The Morgan fingerprint density at radius 2 is 1.73 bits per heavy atom. The van der Waals surface area contributed by atoms with Gasteiger partial charge in [0, 0.05) is 5.56 Å². The molecule has 190 valence electrons. The molecule has 0 radical (unpaired) electrons. The monoisotopic (exact) mass is 519 g/mol. The molecule has 3 N–H and O–H groups in total. The Morgan fingerprint density at radius 3 is 2.43 bits per heavy atom. The summed E-state index contributed by atoms with van der Waals surface area (Å²) in [6.45, 7) is 5.65. The number of hydrogen-bond donors (Lipinski definition) is 3. The number of phenolic OH excluding ortho intramolecular Hbond substituents is 1. The van der Waals surface area contributed by atoms with Gasteiger partial charge in [0.05, 0.1) is 28.9 Å². The number of phenols is 1. The molecule has 1 aliphatic heterocycles. The fraction of sp³-hybridized carbons (Fsp3) is 0.154. The van der Waals surface area contributed by atoms with E-state index >= 15 is 0 Å². The third-order valence-corrected chi connectivity index (χ3v) is 6.31. The van der Waals surface area contributed by atoms with Gasteiger partial charge in [0.1, 0.15) is 5.75 Å². The number of hydrazone groups is 2. The fourth-order valence-electron chi connectivity index (χ4n) is 3.72. The van der Waals surface area contributed by atoms with E-state index in [-0.39, 0.29) is 22.9 Å². The molecule has 0 aliphatic carbocycles. The van der Waals surface area contributed by atoms with Crippen LogP contribution in [-0.2, 0) is 14.8 Å².